The second-order valence-electron chi connectivity index (χ2n) is 10.1. The van der Waals surface area contributed by atoms with E-state index in [0.29, 0.717) is 17.7 Å². The fourth-order valence-corrected chi connectivity index (χ4v) is 6.00. The van der Waals surface area contributed by atoms with E-state index in [9.17, 15) is 4.79 Å². The number of piperidine rings is 1. The first-order valence-electron chi connectivity index (χ1n) is 13.2. The Hall–Kier alpha value is -2.90. The number of carbonyl (C=O) groups excluding carboxylic acids is 1. The Balaban J connectivity index is 1.23. The average Bonchev–Trinajstić information content (AvgIpc) is 2.90. The van der Waals surface area contributed by atoms with Gasteiger partial charge in [0.05, 0.1) is 29.7 Å². The van der Waals surface area contributed by atoms with Crippen LogP contribution in [0.3, 0.4) is 0 Å². The molecule has 0 spiro atoms. The molecule has 2 saturated heterocycles. The third-order valence-electron chi connectivity index (χ3n) is 8.03. The first-order valence-corrected chi connectivity index (χ1v) is 13.6. The van der Waals surface area contributed by atoms with Crippen molar-refractivity contribution in [3.05, 3.63) is 59.4 Å². The van der Waals surface area contributed by atoms with E-state index in [4.69, 9.17) is 21.1 Å². The van der Waals surface area contributed by atoms with Gasteiger partial charge in [0, 0.05) is 36.9 Å². The predicted octanol–water partition coefficient (Wildman–Crippen LogP) is 5.15. The molecule has 196 valence electrons. The van der Waals surface area contributed by atoms with E-state index in [1.165, 1.54) is 0 Å². The molecule has 3 aromatic rings. The molecule has 0 radical (unpaired) electrons. The van der Waals surface area contributed by atoms with Gasteiger partial charge in [-0.15, -0.1) is 0 Å². The van der Waals surface area contributed by atoms with Gasteiger partial charge in [-0.05, 0) is 88.0 Å². The summed E-state index contributed by atoms with van der Waals surface area (Å²) in [7, 11) is 1.66. The number of pyridine rings is 2. The number of methoxy groups -OCH3 is 1. The lowest BCUT2D eigenvalue weighted by atomic mass is 9.73. The number of halogens is 1. The van der Waals surface area contributed by atoms with E-state index >= 15 is 0 Å². The van der Waals surface area contributed by atoms with Crippen molar-refractivity contribution in [1.82, 2.24) is 14.9 Å². The smallest absolute Gasteiger partial charge is 0.312 e. The molecule has 0 unspecified atom stereocenters. The summed E-state index contributed by atoms with van der Waals surface area (Å²) in [5.74, 6) is 1.77. The number of ether oxygens (including phenoxy) is 2. The summed E-state index contributed by atoms with van der Waals surface area (Å²) in [6, 6.07) is 12.4. The maximum absolute atomic E-state index is 13.2. The van der Waals surface area contributed by atoms with Crippen LogP contribution >= 0.6 is 11.6 Å². The SMILES string of the molecule is CCOC(=O)C1(CCCc2c(Cl)cnc3ccc(OC)cc23)CCN(C2CN(c3ccccn3)C2)CC1. The summed E-state index contributed by atoms with van der Waals surface area (Å²) in [6.07, 6.45) is 7.63. The third-order valence-corrected chi connectivity index (χ3v) is 8.36. The van der Waals surface area contributed by atoms with Crippen LogP contribution in [0.1, 0.15) is 38.2 Å². The van der Waals surface area contributed by atoms with Gasteiger partial charge in [0.1, 0.15) is 11.6 Å². The van der Waals surface area contributed by atoms with Gasteiger partial charge in [0.15, 0.2) is 0 Å². The Morgan fingerprint density at radius 2 is 1.97 bits per heavy atom. The number of carbonyl (C=O) groups is 1. The fraction of sp³-hybridized carbons (Fsp3) is 0.483. The van der Waals surface area contributed by atoms with Crippen LogP contribution in [-0.2, 0) is 16.0 Å². The van der Waals surface area contributed by atoms with Gasteiger partial charge in [-0.1, -0.05) is 17.7 Å². The normalized spacial score (nSPS) is 18.0. The summed E-state index contributed by atoms with van der Waals surface area (Å²) >= 11 is 6.59. The predicted molar refractivity (Wildman–Crippen MR) is 146 cm³/mol. The molecule has 7 nitrogen and oxygen atoms in total. The van der Waals surface area contributed by atoms with E-state index in [2.05, 4.69) is 25.8 Å². The first kappa shape index (κ1) is 25.7. The summed E-state index contributed by atoms with van der Waals surface area (Å²) in [4.78, 5) is 27.0. The molecular weight excluding hydrogens is 488 g/mol. The average molecular weight is 523 g/mol. The first-order chi connectivity index (χ1) is 18.0. The Kier molecular flexibility index (Phi) is 7.81. The van der Waals surface area contributed by atoms with E-state index in [1.54, 1.807) is 13.3 Å². The van der Waals surface area contributed by atoms with Crippen LogP contribution < -0.4 is 9.64 Å². The van der Waals surface area contributed by atoms with Crippen molar-refractivity contribution in [2.24, 2.45) is 5.41 Å². The van der Waals surface area contributed by atoms with E-state index < -0.39 is 5.41 Å². The molecule has 1 aromatic carbocycles. The van der Waals surface area contributed by atoms with Crippen LogP contribution in [-0.4, -0.2) is 66.8 Å². The molecule has 0 amide bonds. The molecule has 2 aliphatic rings. The number of esters is 1. The highest BCUT2D eigenvalue weighted by atomic mass is 35.5. The number of aryl methyl sites for hydroxylation is 1. The Labute approximate surface area is 223 Å². The largest absolute Gasteiger partial charge is 0.497 e. The summed E-state index contributed by atoms with van der Waals surface area (Å²) in [5.41, 5.74) is 1.52. The summed E-state index contributed by atoms with van der Waals surface area (Å²) < 4.78 is 11.0. The number of hydrogen-bond acceptors (Lipinski definition) is 7. The third kappa shape index (κ3) is 5.39. The molecule has 0 N–H and O–H groups in total. The maximum Gasteiger partial charge on any atom is 0.312 e. The Morgan fingerprint density at radius 1 is 1.16 bits per heavy atom. The summed E-state index contributed by atoms with van der Waals surface area (Å²) in [6.45, 7) is 6.09. The highest BCUT2D eigenvalue weighted by Crippen LogP contribution is 2.40. The number of fused-ring (bicyclic) bond motifs is 1. The fourth-order valence-electron chi connectivity index (χ4n) is 5.76. The number of likely N-dealkylation sites (tertiary alicyclic amines) is 1. The number of anilines is 1. The van der Waals surface area contributed by atoms with Gasteiger partial charge < -0.3 is 14.4 Å². The minimum absolute atomic E-state index is 0.0503. The second-order valence-corrected chi connectivity index (χ2v) is 10.5. The molecule has 8 heteroatoms. The molecule has 5 rings (SSSR count). The molecule has 0 bridgehead atoms. The Bertz CT molecular complexity index is 1220. The van der Waals surface area contributed by atoms with Crippen molar-refractivity contribution in [3.8, 4) is 5.75 Å². The van der Waals surface area contributed by atoms with E-state index in [1.807, 2.05) is 43.5 Å². The monoisotopic (exact) mass is 522 g/mol. The van der Waals surface area contributed by atoms with Crippen LogP contribution in [0, 0.1) is 5.41 Å². The molecule has 0 aliphatic carbocycles. The van der Waals surface area contributed by atoms with Crippen molar-refractivity contribution in [2.75, 3.05) is 44.8 Å². The topological polar surface area (TPSA) is 67.8 Å². The van der Waals surface area contributed by atoms with Gasteiger partial charge >= 0.3 is 5.97 Å². The van der Waals surface area contributed by atoms with Crippen LogP contribution in [0.5, 0.6) is 5.75 Å². The van der Waals surface area contributed by atoms with Gasteiger partial charge in [0.2, 0.25) is 0 Å². The van der Waals surface area contributed by atoms with E-state index in [0.717, 1.165) is 86.3 Å². The van der Waals surface area contributed by atoms with Gasteiger partial charge in [-0.3, -0.25) is 14.7 Å². The van der Waals surface area contributed by atoms with Crippen LogP contribution in [0.2, 0.25) is 5.02 Å². The molecule has 4 heterocycles. The van der Waals surface area contributed by atoms with Gasteiger partial charge in [0.25, 0.3) is 0 Å². The Morgan fingerprint density at radius 3 is 2.68 bits per heavy atom. The van der Waals surface area contributed by atoms with Crippen molar-refractivity contribution >= 4 is 34.3 Å². The van der Waals surface area contributed by atoms with Crippen molar-refractivity contribution < 1.29 is 14.3 Å². The van der Waals surface area contributed by atoms with Crippen LogP contribution in [0.25, 0.3) is 10.9 Å². The lowest BCUT2D eigenvalue weighted by Gasteiger charge is -2.50. The molecule has 2 aliphatic heterocycles. The number of benzene rings is 1. The van der Waals surface area contributed by atoms with Crippen LogP contribution in [0.4, 0.5) is 5.82 Å². The zero-order chi connectivity index (χ0) is 25.8. The van der Waals surface area contributed by atoms with Crippen molar-refractivity contribution in [1.29, 1.82) is 0 Å². The zero-order valence-corrected chi connectivity index (χ0v) is 22.4. The van der Waals surface area contributed by atoms with Gasteiger partial charge in [-0.25, -0.2) is 4.98 Å². The number of rotatable bonds is 9. The highest BCUT2D eigenvalue weighted by Gasteiger charge is 2.44. The lowest BCUT2D eigenvalue weighted by Crippen LogP contribution is -2.62. The molecule has 0 saturated carbocycles. The summed E-state index contributed by atoms with van der Waals surface area (Å²) in [5, 5.41) is 1.66. The molecule has 2 aromatic heterocycles. The number of aromatic nitrogens is 2. The standard InChI is InChI=1S/C29H35ClN4O3/c1-3-37-28(35)29(11-6-7-23-24-17-22(36-2)9-10-26(24)32-18-25(23)30)12-15-33(16-13-29)21-19-34(20-21)27-8-4-5-14-31-27/h4-5,8-10,14,17-18,21H,3,6-7,11-13,15-16,19-20H2,1-2H3. The van der Waals surface area contributed by atoms with E-state index in [-0.39, 0.29) is 5.97 Å². The van der Waals surface area contributed by atoms with Crippen LogP contribution in [0.15, 0.2) is 48.8 Å². The molecule has 37 heavy (non-hydrogen) atoms. The lowest BCUT2D eigenvalue weighted by molar-refractivity contribution is -0.159. The minimum Gasteiger partial charge on any atom is -0.497 e. The quantitative estimate of drug-likeness (QED) is 0.360. The van der Waals surface area contributed by atoms with Gasteiger partial charge in [-0.2, -0.15) is 0 Å². The highest BCUT2D eigenvalue weighted by molar-refractivity contribution is 6.32. The minimum atomic E-state index is -0.441. The molecule has 0 atom stereocenters. The van der Waals surface area contributed by atoms with Crippen molar-refractivity contribution in [3.63, 3.8) is 0 Å². The number of nitrogens with zero attached hydrogens (tertiary/aromatic N) is 4. The molecular formula is C29H35ClN4O3. The number of hydrogen-bond donors (Lipinski definition) is 0. The molecule has 2 fully saturated rings. The second kappa shape index (κ2) is 11.2. The van der Waals surface area contributed by atoms with Crippen molar-refractivity contribution in [2.45, 2.75) is 45.1 Å². The zero-order valence-electron chi connectivity index (χ0n) is 21.7. The maximum atomic E-state index is 13.2.